The van der Waals surface area contributed by atoms with E-state index in [0.717, 1.165) is 74.8 Å². The molecule has 2 atom stereocenters. The lowest BCUT2D eigenvalue weighted by Gasteiger charge is -2.29. The number of benzene rings is 3. The van der Waals surface area contributed by atoms with Crippen LogP contribution >= 0.6 is 0 Å². The molecule has 1 heterocycles. The summed E-state index contributed by atoms with van der Waals surface area (Å²) in [6.07, 6.45) is 1.16. The summed E-state index contributed by atoms with van der Waals surface area (Å²) in [5, 5.41) is 3.04. The molecule has 1 fully saturated rings. The highest BCUT2D eigenvalue weighted by atomic mass is 32.2. The van der Waals surface area contributed by atoms with Gasteiger partial charge in [-0.1, -0.05) is 42.8 Å². The highest BCUT2D eigenvalue weighted by Gasteiger charge is 2.33. The molecule has 2 N–H and O–H groups in total. The predicted octanol–water partition coefficient (Wildman–Crippen LogP) is 6.43. The second-order valence-corrected chi connectivity index (χ2v) is 13.1. The van der Waals surface area contributed by atoms with Crippen LogP contribution in [0.1, 0.15) is 78.4 Å². The van der Waals surface area contributed by atoms with Gasteiger partial charge in [0.25, 0.3) is 0 Å². The highest BCUT2D eigenvalue weighted by molar-refractivity contribution is 7.89. The monoisotopic (exact) mass is 617 g/mol. The molecule has 0 spiro atoms. The fraction of sp³-hybridized carbons (Fsp3) is 0.406. The molecule has 3 aromatic carbocycles. The van der Waals surface area contributed by atoms with Gasteiger partial charge in [-0.05, 0) is 97.8 Å². The van der Waals surface area contributed by atoms with Gasteiger partial charge in [0.2, 0.25) is 15.9 Å². The van der Waals surface area contributed by atoms with Gasteiger partial charge >= 0.3 is 6.18 Å². The van der Waals surface area contributed by atoms with Crippen molar-refractivity contribution >= 4 is 15.9 Å². The van der Waals surface area contributed by atoms with Gasteiger partial charge < -0.3 is 5.32 Å². The van der Waals surface area contributed by atoms with Gasteiger partial charge in [-0.3, -0.25) is 9.69 Å². The number of fused-ring (bicyclic) bond motifs is 1. The van der Waals surface area contributed by atoms with Crippen LogP contribution in [-0.4, -0.2) is 32.3 Å². The molecular formula is C32H35F4N3O3S. The van der Waals surface area contributed by atoms with E-state index in [1.54, 1.807) is 0 Å². The molecule has 11 heteroatoms. The van der Waals surface area contributed by atoms with Gasteiger partial charge in [0.15, 0.2) is 0 Å². The first kappa shape index (κ1) is 31.2. The minimum atomic E-state index is -4.73. The van der Waals surface area contributed by atoms with Crippen molar-refractivity contribution in [2.75, 3.05) is 13.1 Å². The summed E-state index contributed by atoms with van der Waals surface area (Å²) in [5.41, 5.74) is 2.66. The third kappa shape index (κ3) is 8.01. The molecule has 0 radical (unpaired) electrons. The summed E-state index contributed by atoms with van der Waals surface area (Å²) in [6, 6.07) is 13.3. The Morgan fingerprint density at radius 2 is 1.70 bits per heavy atom. The smallest absolute Gasteiger partial charge is 0.349 e. The second kappa shape index (κ2) is 13.2. The van der Waals surface area contributed by atoms with Crippen LogP contribution < -0.4 is 10.0 Å². The number of nitrogens with zero attached hydrogens (tertiary/aromatic N) is 1. The maximum atomic E-state index is 13.7. The first-order valence-electron chi connectivity index (χ1n) is 14.6. The maximum absolute atomic E-state index is 13.7. The number of sulfonamides is 1. The topological polar surface area (TPSA) is 78.5 Å². The van der Waals surface area contributed by atoms with Gasteiger partial charge in [-0.2, -0.15) is 13.2 Å². The molecule has 1 saturated heterocycles. The Kier molecular flexibility index (Phi) is 9.53. The molecule has 0 bridgehead atoms. The Balaban J connectivity index is 1.32. The molecule has 0 aromatic heterocycles. The van der Waals surface area contributed by atoms with Crippen molar-refractivity contribution in [3.63, 3.8) is 0 Å². The van der Waals surface area contributed by atoms with Crippen molar-refractivity contribution in [2.24, 2.45) is 0 Å². The molecule has 230 valence electrons. The van der Waals surface area contributed by atoms with Crippen molar-refractivity contribution in [1.82, 2.24) is 14.9 Å². The van der Waals surface area contributed by atoms with Crippen LogP contribution in [0, 0.1) is 5.82 Å². The van der Waals surface area contributed by atoms with Crippen molar-refractivity contribution < 1.29 is 30.8 Å². The lowest BCUT2D eigenvalue weighted by Crippen LogP contribution is -2.36. The molecule has 1 amide bonds. The number of amides is 1. The zero-order chi connectivity index (χ0) is 30.6. The highest BCUT2D eigenvalue weighted by Crippen LogP contribution is 2.33. The Morgan fingerprint density at radius 1 is 0.953 bits per heavy atom. The normalized spacial score (nSPS) is 18.6. The van der Waals surface area contributed by atoms with Crippen LogP contribution in [0.3, 0.4) is 0 Å². The van der Waals surface area contributed by atoms with E-state index in [1.165, 1.54) is 42.5 Å². The summed E-state index contributed by atoms with van der Waals surface area (Å²) < 4.78 is 82.1. The second-order valence-electron chi connectivity index (χ2n) is 11.3. The average molecular weight is 618 g/mol. The SMILES string of the molecule is O=C(C[C@H](NS(=O)(=O)c1cccc(C(F)(F)F)c1)c1ccc(F)cc1)N[C@@H]1CCCc2cc(CN3CCCCC3)ccc21. The van der Waals surface area contributed by atoms with E-state index in [0.29, 0.717) is 11.6 Å². The number of likely N-dealkylation sites (tertiary alicyclic amines) is 1. The zero-order valence-electron chi connectivity index (χ0n) is 23.7. The Labute approximate surface area is 249 Å². The molecule has 43 heavy (non-hydrogen) atoms. The largest absolute Gasteiger partial charge is 0.416 e. The summed E-state index contributed by atoms with van der Waals surface area (Å²) in [7, 11) is -4.47. The predicted molar refractivity (Wildman–Crippen MR) is 155 cm³/mol. The van der Waals surface area contributed by atoms with Crippen LogP contribution in [0.4, 0.5) is 17.6 Å². The van der Waals surface area contributed by atoms with Crippen LogP contribution in [-0.2, 0) is 34.0 Å². The van der Waals surface area contributed by atoms with Crippen molar-refractivity contribution in [3.05, 3.63) is 100 Å². The number of halogens is 4. The molecule has 0 unspecified atom stereocenters. The number of aryl methyl sites for hydroxylation is 1. The van der Waals surface area contributed by atoms with Gasteiger partial charge in [0.1, 0.15) is 5.82 Å². The zero-order valence-corrected chi connectivity index (χ0v) is 24.5. The lowest BCUT2D eigenvalue weighted by atomic mass is 9.86. The van der Waals surface area contributed by atoms with E-state index in [9.17, 15) is 30.8 Å². The molecule has 0 saturated carbocycles. The molecule has 3 aromatic rings. The Morgan fingerprint density at radius 3 is 2.42 bits per heavy atom. The first-order valence-corrected chi connectivity index (χ1v) is 16.0. The number of piperidine rings is 1. The third-order valence-corrected chi connectivity index (χ3v) is 9.61. The fourth-order valence-electron chi connectivity index (χ4n) is 5.95. The standard InChI is InChI=1S/C32H35F4N3O3S/c33-26-13-11-23(12-14-26)30(38-43(41,42)27-8-5-7-25(19-27)32(34,35)36)20-31(40)37-29-9-4-6-24-18-22(10-15-28(24)29)21-39-16-2-1-3-17-39/h5,7-8,10-15,18-19,29-30,38H,1-4,6,9,16-17,20-21H2,(H,37,40)/t29-,30+/m1/s1. The Bertz CT molecular complexity index is 1540. The molecule has 5 rings (SSSR count). The van der Waals surface area contributed by atoms with Crippen LogP contribution in [0.5, 0.6) is 0 Å². The summed E-state index contributed by atoms with van der Waals surface area (Å²) >= 11 is 0. The van der Waals surface area contributed by atoms with Crippen LogP contribution in [0.15, 0.2) is 71.6 Å². The van der Waals surface area contributed by atoms with Crippen molar-refractivity contribution in [1.29, 1.82) is 0 Å². The minimum absolute atomic E-state index is 0.255. The van der Waals surface area contributed by atoms with E-state index in [4.69, 9.17) is 0 Å². The number of rotatable bonds is 9. The quantitative estimate of drug-likeness (QED) is 0.271. The molecule has 1 aliphatic heterocycles. The molecule has 2 aliphatic rings. The van der Waals surface area contributed by atoms with Crippen LogP contribution in [0.25, 0.3) is 0 Å². The summed E-state index contributed by atoms with van der Waals surface area (Å²) in [5.74, 6) is -0.984. The lowest BCUT2D eigenvalue weighted by molar-refractivity contribution is -0.137. The number of carbonyl (C=O) groups excluding carboxylic acids is 1. The number of hydrogen-bond donors (Lipinski definition) is 2. The van der Waals surface area contributed by atoms with E-state index < -0.39 is 44.4 Å². The minimum Gasteiger partial charge on any atom is -0.349 e. The average Bonchev–Trinajstić information content (AvgIpc) is 2.97. The molecule has 1 aliphatic carbocycles. The van der Waals surface area contributed by atoms with E-state index >= 15 is 0 Å². The van der Waals surface area contributed by atoms with Gasteiger partial charge in [-0.15, -0.1) is 0 Å². The van der Waals surface area contributed by atoms with E-state index in [1.807, 2.05) is 0 Å². The van der Waals surface area contributed by atoms with E-state index in [2.05, 4.69) is 33.1 Å². The molecular weight excluding hydrogens is 582 g/mol. The molecule has 6 nitrogen and oxygen atoms in total. The summed E-state index contributed by atoms with van der Waals surface area (Å²) in [4.78, 5) is 15.2. The van der Waals surface area contributed by atoms with Gasteiger partial charge in [0.05, 0.1) is 22.5 Å². The fourth-order valence-corrected chi connectivity index (χ4v) is 7.22. The number of hydrogen-bond acceptors (Lipinski definition) is 4. The van der Waals surface area contributed by atoms with Gasteiger partial charge in [-0.25, -0.2) is 17.5 Å². The summed E-state index contributed by atoms with van der Waals surface area (Å²) in [6.45, 7) is 3.10. The van der Waals surface area contributed by atoms with Crippen LogP contribution in [0.2, 0.25) is 0 Å². The maximum Gasteiger partial charge on any atom is 0.416 e. The van der Waals surface area contributed by atoms with Crippen molar-refractivity contribution in [3.8, 4) is 0 Å². The number of alkyl halides is 3. The number of nitrogens with one attached hydrogen (secondary N) is 2. The van der Waals surface area contributed by atoms with Gasteiger partial charge in [0, 0.05) is 13.0 Å². The van der Waals surface area contributed by atoms with E-state index in [-0.39, 0.29) is 12.5 Å². The Hall–Kier alpha value is -3.28. The number of carbonyl (C=O) groups is 1. The van der Waals surface area contributed by atoms with Crippen molar-refractivity contribution in [2.45, 2.75) is 74.6 Å². The first-order chi connectivity index (χ1) is 20.5. The third-order valence-electron chi connectivity index (χ3n) is 8.14.